The summed E-state index contributed by atoms with van der Waals surface area (Å²) in [7, 11) is 2.91. The first kappa shape index (κ1) is 13.8. The molecule has 0 fully saturated rings. The van der Waals surface area contributed by atoms with E-state index in [1.807, 2.05) is 12.1 Å². The Hall–Kier alpha value is -2.63. The Balaban J connectivity index is 2.08. The number of ether oxygens (including phenoxy) is 1. The molecule has 0 aliphatic carbocycles. The van der Waals surface area contributed by atoms with Gasteiger partial charge in [0.1, 0.15) is 5.69 Å². The number of esters is 1. The molecule has 0 aliphatic rings. The van der Waals surface area contributed by atoms with Crippen molar-refractivity contribution in [2.24, 2.45) is 0 Å². The molecule has 1 heterocycles. The van der Waals surface area contributed by atoms with Crippen molar-refractivity contribution in [3.05, 3.63) is 53.3 Å². The first-order chi connectivity index (χ1) is 9.63. The summed E-state index contributed by atoms with van der Waals surface area (Å²) in [6, 6.07) is 8.71. The summed E-state index contributed by atoms with van der Waals surface area (Å²) in [4.78, 5) is 22.7. The molecular weight excluding hydrogens is 258 g/mol. The van der Waals surface area contributed by atoms with Gasteiger partial charge in [-0.15, -0.1) is 0 Å². The third-order valence-corrected chi connectivity index (χ3v) is 2.82. The van der Waals surface area contributed by atoms with Gasteiger partial charge in [-0.2, -0.15) is 5.10 Å². The Morgan fingerprint density at radius 3 is 2.55 bits per heavy atom. The lowest BCUT2D eigenvalue weighted by Crippen LogP contribution is -2.18. The molecule has 0 saturated carbocycles. The van der Waals surface area contributed by atoms with Gasteiger partial charge in [-0.1, -0.05) is 12.1 Å². The quantitative estimate of drug-likeness (QED) is 0.846. The highest BCUT2D eigenvalue weighted by Gasteiger charge is 2.08. The van der Waals surface area contributed by atoms with Crippen LogP contribution in [0.3, 0.4) is 0 Å². The van der Waals surface area contributed by atoms with Crippen LogP contribution in [0, 0.1) is 0 Å². The second-order valence-corrected chi connectivity index (χ2v) is 4.17. The third-order valence-electron chi connectivity index (χ3n) is 2.82. The first-order valence-electron chi connectivity index (χ1n) is 6.07. The number of aromatic nitrogens is 2. The van der Waals surface area contributed by atoms with Crippen LogP contribution in [0.4, 0.5) is 0 Å². The maximum Gasteiger partial charge on any atom is 0.337 e. The fourth-order valence-electron chi connectivity index (χ4n) is 1.75. The molecule has 2 aromatic rings. The van der Waals surface area contributed by atoms with Crippen LogP contribution in [0.1, 0.15) is 26.4 Å². The largest absolute Gasteiger partial charge is 0.465 e. The summed E-state index contributed by atoms with van der Waals surface area (Å²) in [6.07, 6.45) is 1.73. The van der Waals surface area contributed by atoms with Crippen LogP contribution in [0.25, 0.3) is 0 Å². The maximum atomic E-state index is 11.4. The molecule has 0 aliphatic heterocycles. The summed E-state index contributed by atoms with van der Waals surface area (Å²) in [5.41, 5.74) is 1.85. The summed E-state index contributed by atoms with van der Waals surface area (Å²) in [6.45, 7) is 0.526. The minimum atomic E-state index is -0.363. The molecule has 0 saturated heterocycles. The predicted octanol–water partition coefficient (Wildman–Crippen LogP) is 1.08. The van der Waals surface area contributed by atoms with Crippen molar-refractivity contribution in [1.82, 2.24) is 15.1 Å². The van der Waals surface area contributed by atoms with Gasteiger partial charge >= 0.3 is 5.97 Å². The second-order valence-electron chi connectivity index (χ2n) is 4.17. The highest BCUT2D eigenvalue weighted by atomic mass is 16.5. The topological polar surface area (TPSA) is 73.2 Å². The smallest absolute Gasteiger partial charge is 0.337 e. The van der Waals surface area contributed by atoms with Crippen molar-refractivity contribution in [3.63, 3.8) is 0 Å². The van der Waals surface area contributed by atoms with E-state index in [1.54, 1.807) is 36.1 Å². The molecule has 1 aromatic heterocycles. The monoisotopic (exact) mass is 273 g/mol. The molecule has 0 bridgehead atoms. The van der Waals surface area contributed by atoms with Gasteiger partial charge in [0, 0.05) is 13.2 Å². The molecule has 6 nitrogen and oxygen atoms in total. The van der Waals surface area contributed by atoms with Crippen LogP contribution >= 0.6 is 0 Å². The lowest BCUT2D eigenvalue weighted by molar-refractivity contribution is 0.0600. The van der Waals surface area contributed by atoms with E-state index >= 15 is 0 Å². The fraction of sp³-hybridized carbons (Fsp3) is 0.214. The minimum absolute atomic E-state index is 0.218. The zero-order valence-corrected chi connectivity index (χ0v) is 11.3. The van der Waals surface area contributed by atoms with Crippen molar-refractivity contribution >= 4 is 11.9 Å². The van der Waals surface area contributed by atoms with Crippen molar-refractivity contribution < 1.29 is 14.3 Å². The summed E-state index contributed by atoms with van der Waals surface area (Å²) < 4.78 is 6.30. The van der Waals surface area contributed by atoms with E-state index in [4.69, 9.17) is 0 Å². The molecule has 0 atom stereocenters. The molecule has 0 radical (unpaired) electrons. The van der Waals surface area contributed by atoms with Crippen molar-refractivity contribution in [2.45, 2.75) is 6.54 Å². The van der Waals surface area contributed by atoms with Gasteiger partial charge in [0.15, 0.2) is 0 Å². The van der Waals surface area contributed by atoms with E-state index < -0.39 is 0 Å². The molecular formula is C14H15N3O3. The Bertz CT molecular complexity index is 617. The summed E-state index contributed by atoms with van der Waals surface area (Å²) in [5, 5.41) is 6.68. The fourth-order valence-corrected chi connectivity index (χ4v) is 1.75. The number of hydrogen-bond donors (Lipinski definition) is 1. The SMILES string of the molecule is CNC(=O)c1ccn(Cc2ccc(C(=O)OC)cc2)n1. The van der Waals surface area contributed by atoms with Gasteiger partial charge in [-0.3, -0.25) is 9.48 Å². The van der Waals surface area contributed by atoms with Crippen molar-refractivity contribution in [1.29, 1.82) is 0 Å². The van der Waals surface area contributed by atoms with Gasteiger partial charge in [-0.25, -0.2) is 4.79 Å². The molecule has 0 unspecified atom stereocenters. The highest BCUT2D eigenvalue weighted by Crippen LogP contribution is 2.08. The van der Waals surface area contributed by atoms with Gasteiger partial charge < -0.3 is 10.1 Å². The van der Waals surface area contributed by atoms with E-state index in [2.05, 4.69) is 15.2 Å². The van der Waals surface area contributed by atoms with E-state index in [0.717, 1.165) is 5.56 Å². The van der Waals surface area contributed by atoms with Crippen molar-refractivity contribution in [3.8, 4) is 0 Å². The Morgan fingerprint density at radius 2 is 1.95 bits per heavy atom. The van der Waals surface area contributed by atoms with Crippen LogP contribution in [0.5, 0.6) is 0 Å². The molecule has 1 aromatic carbocycles. The number of methoxy groups -OCH3 is 1. The zero-order valence-electron chi connectivity index (χ0n) is 11.3. The van der Waals surface area contributed by atoms with E-state index in [0.29, 0.717) is 17.8 Å². The van der Waals surface area contributed by atoms with Crippen LogP contribution < -0.4 is 5.32 Å². The average molecular weight is 273 g/mol. The van der Waals surface area contributed by atoms with E-state index in [1.165, 1.54) is 7.11 Å². The zero-order chi connectivity index (χ0) is 14.5. The van der Waals surface area contributed by atoms with Gasteiger partial charge in [0.25, 0.3) is 5.91 Å². The number of hydrogen-bond acceptors (Lipinski definition) is 4. The lowest BCUT2D eigenvalue weighted by Gasteiger charge is -2.03. The summed E-state index contributed by atoms with van der Waals surface area (Å²) >= 11 is 0. The normalized spacial score (nSPS) is 10.1. The lowest BCUT2D eigenvalue weighted by atomic mass is 10.1. The number of benzene rings is 1. The van der Waals surface area contributed by atoms with E-state index in [9.17, 15) is 9.59 Å². The number of carbonyl (C=O) groups is 2. The molecule has 2 rings (SSSR count). The number of nitrogens with zero attached hydrogens (tertiary/aromatic N) is 2. The van der Waals surface area contributed by atoms with Crippen molar-refractivity contribution in [2.75, 3.05) is 14.2 Å². The van der Waals surface area contributed by atoms with Crippen LogP contribution in [0.2, 0.25) is 0 Å². The number of nitrogens with one attached hydrogen (secondary N) is 1. The van der Waals surface area contributed by atoms with Gasteiger partial charge in [-0.05, 0) is 23.8 Å². The second kappa shape index (κ2) is 6.01. The maximum absolute atomic E-state index is 11.4. The predicted molar refractivity (Wildman–Crippen MR) is 72.5 cm³/mol. The number of carbonyl (C=O) groups excluding carboxylic acids is 2. The molecule has 1 N–H and O–H groups in total. The van der Waals surface area contributed by atoms with Gasteiger partial charge in [0.05, 0.1) is 19.2 Å². The average Bonchev–Trinajstić information content (AvgIpc) is 2.95. The first-order valence-corrected chi connectivity index (χ1v) is 6.07. The van der Waals surface area contributed by atoms with Crippen LogP contribution in [-0.2, 0) is 11.3 Å². The minimum Gasteiger partial charge on any atom is -0.465 e. The molecule has 20 heavy (non-hydrogen) atoms. The van der Waals surface area contributed by atoms with E-state index in [-0.39, 0.29) is 11.9 Å². The Kier molecular flexibility index (Phi) is 4.14. The molecule has 0 spiro atoms. The third kappa shape index (κ3) is 3.03. The Morgan fingerprint density at radius 1 is 1.25 bits per heavy atom. The highest BCUT2D eigenvalue weighted by molar-refractivity contribution is 5.91. The van der Waals surface area contributed by atoms with Gasteiger partial charge in [0.2, 0.25) is 0 Å². The number of amides is 1. The molecule has 6 heteroatoms. The van der Waals surface area contributed by atoms with Crippen LogP contribution in [0.15, 0.2) is 36.5 Å². The standard InChI is InChI=1S/C14H15N3O3/c1-15-13(18)12-7-8-17(16-12)9-10-3-5-11(6-4-10)14(19)20-2/h3-8H,9H2,1-2H3,(H,15,18). The molecule has 1 amide bonds. The Labute approximate surface area is 116 Å². The van der Waals surface area contributed by atoms with Crippen LogP contribution in [-0.4, -0.2) is 35.8 Å². The number of rotatable bonds is 4. The molecule has 104 valence electrons. The summed E-state index contributed by atoms with van der Waals surface area (Å²) in [5.74, 6) is -0.581.